The van der Waals surface area contributed by atoms with Crippen molar-refractivity contribution in [3.63, 3.8) is 0 Å². The first-order chi connectivity index (χ1) is 9.46. The molecule has 6 nitrogen and oxygen atoms in total. The van der Waals surface area contributed by atoms with Gasteiger partial charge in [-0.25, -0.2) is 13.4 Å². The largest absolute Gasteiger partial charge is 0.490 e. The van der Waals surface area contributed by atoms with Crippen LogP contribution in [0.5, 0.6) is 5.75 Å². The molecule has 8 heteroatoms. The summed E-state index contributed by atoms with van der Waals surface area (Å²) in [5.41, 5.74) is 6.96. The van der Waals surface area contributed by atoms with E-state index in [1.807, 2.05) is 0 Å². The van der Waals surface area contributed by atoms with E-state index in [1.165, 1.54) is 11.3 Å². The van der Waals surface area contributed by atoms with Gasteiger partial charge in [0.2, 0.25) is 10.0 Å². The second kappa shape index (κ2) is 6.10. The van der Waals surface area contributed by atoms with Crippen LogP contribution in [0.2, 0.25) is 0 Å². The summed E-state index contributed by atoms with van der Waals surface area (Å²) in [5.74, 6) is 0.313. The summed E-state index contributed by atoms with van der Waals surface area (Å²) in [6, 6.07) is 6.95. The van der Waals surface area contributed by atoms with Crippen molar-refractivity contribution in [1.82, 2.24) is 4.98 Å². The van der Waals surface area contributed by atoms with Crippen LogP contribution >= 0.6 is 11.3 Å². The number of thiazole rings is 1. The highest BCUT2D eigenvalue weighted by Crippen LogP contribution is 2.20. The summed E-state index contributed by atoms with van der Waals surface area (Å²) in [6.45, 7) is 1.82. The number of nitrogens with one attached hydrogen (secondary N) is 1. The fourth-order valence-corrected chi connectivity index (χ4v) is 3.28. The Labute approximate surface area is 121 Å². The zero-order valence-corrected chi connectivity index (χ0v) is 12.5. The molecule has 0 atom stereocenters. The molecule has 0 amide bonds. The van der Waals surface area contributed by atoms with Crippen molar-refractivity contribution in [1.29, 1.82) is 0 Å². The van der Waals surface area contributed by atoms with Crippen LogP contribution in [0.1, 0.15) is 5.69 Å². The molecule has 1 aromatic carbocycles. The molecule has 0 saturated carbocycles. The third-order valence-corrected chi connectivity index (χ3v) is 4.60. The van der Waals surface area contributed by atoms with Gasteiger partial charge in [0.25, 0.3) is 0 Å². The number of sulfonamides is 1. The molecule has 0 aliphatic heterocycles. The Hall–Kier alpha value is -1.80. The van der Waals surface area contributed by atoms with E-state index in [1.54, 1.807) is 36.6 Å². The molecule has 0 aliphatic carbocycles. The van der Waals surface area contributed by atoms with Crippen molar-refractivity contribution < 1.29 is 13.2 Å². The van der Waals surface area contributed by atoms with Gasteiger partial charge in [0, 0.05) is 5.38 Å². The lowest BCUT2D eigenvalue weighted by Gasteiger charge is -2.09. The van der Waals surface area contributed by atoms with E-state index < -0.39 is 10.0 Å². The number of benzene rings is 1. The van der Waals surface area contributed by atoms with Crippen molar-refractivity contribution in [2.75, 3.05) is 22.8 Å². The van der Waals surface area contributed by atoms with Crippen molar-refractivity contribution in [2.24, 2.45) is 0 Å². The molecule has 0 spiro atoms. The maximum absolute atomic E-state index is 11.8. The lowest BCUT2D eigenvalue weighted by atomic mass is 10.3. The van der Waals surface area contributed by atoms with Crippen molar-refractivity contribution in [3.05, 3.63) is 35.3 Å². The van der Waals surface area contributed by atoms with Crippen LogP contribution in [-0.2, 0) is 10.0 Å². The minimum Gasteiger partial charge on any atom is -0.490 e. The minimum atomic E-state index is -3.47. The lowest BCUT2D eigenvalue weighted by Crippen LogP contribution is -2.21. The highest BCUT2D eigenvalue weighted by molar-refractivity contribution is 7.92. The average Bonchev–Trinajstić information content (AvgIpc) is 2.76. The number of aryl methyl sites for hydroxylation is 1. The van der Waals surface area contributed by atoms with Gasteiger partial charge in [0.1, 0.15) is 18.1 Å². The summed E-state index contributed by atoms with van der Waals surface area (Å²) in [5, 5.41) is 2.14. The highest BCUT2D eigenvalue weighted by Gasteiger charge is 2.13. The normalized spacial score (nSPS) is 11.2. The third-order valence-electron chi connectivity index (χ3n) is 2.39. The van der Waals surface area contributed by atoms with Crippen molar-refractivity contribution in [2.45, 2.75) is 6.92 Å². The molecule has 0 radical (unpaired) electrons. The molecule has 0 fully saturated rings. The van der Waals surface area contributed by atoms with Crippen LogP contribution in [0.25, 0.3) is 0 Å². The number of nitrogen functional groups attached to an aromatic ring is 1. The number of nitrogens with two attached hydrogens (primary N) is 1. The zero-order valence-electron chi connectivity index (χ0n) is 10.9. The quantitative estimate of drug-likeness (QED) is 0.794. The predicted molar refractivity (Wildman–Crippen MR) is 80.6 cm³/mol. The minimum absolute atomic E-state index is 0.0217. The summed E-state index contributed by atoms with van der Waals surface area (Å²) in [6.07, 6.45) is 0. The Morgan fingerprint density at radius 2 is 2.15 bits per heavy atom. The molecule has 0 unspecified atom stereocenters. The van der Waals surface area contributed by atoms with Gasteiger partial charge in [-0.15, -0.1) is 11.3 Å². The second-order valence-corrected chi connectivity index (χ2v) is 6.80. The maximum Gasteiger partial charge on any atom is 0.237 e. The summed E-state index contributed by atoms with van der Waals surface area (Å²) < 4.78 is 31.4. The zero-order chi connectivity index (χ0) is 14.6. The van der Waals surface area contributed by atoms with Crippen LogP contribution in [-0.4, -0.2) is 25.8 Å². The Morgan fingerprint density at radius 3 is 2.80 bits per heavy atom. The fourth-order valence-electron chi connectivity index (χ4n) is 1.46. The number of para-hydroxylation sites is 2. The van der Waals surface area contributed by atoms with Gasteiger partial charge in [0.05, 0.1) is 11.4 Å². The number of hydrogen-bond donors (Lipinski definition) is 2. The van der Waals surface area contributed by atoms with E-state index in [0.29, 0.717) is 16.6 Å². The number of ether oxygens (including phenoxy) is 1. The SMILES string of the molecule is Cc1csc(NS(=O)(=O)CCOc2ccccc2N)n1. The topological polar surface area (TPSA) is 94.3 Å². The molecule has 2 aromatic rings. The average molecular weight is 313 g/mol. The molecule has 1 heterocycles. The lowest BCUT2D eigenvalue weighted by molar-refractivity contribution is 0.343. The molecule has 0 saturated heterocycles. The van der Waals surface area contributed by atoms with Crippen LogP contribution in [0.4, 0.5) is 10.8 Å². The van der Waals surface area contributed by atoms with Crippen LogP contribution in [0, 0.1) is 6.92 Å². The number of aromatic nitrogens is 1. The van der Waals surface area contributed by atoms with E-state index >= 15 is 0 Å². The van der Waals surface area contributed by atoms with Gasteiger partial charge < -0.3 is 10.5 Å². The first-order valence-electron chi connectivity index (χ1n) is 5.86. The van der Waals surface area contributed by atoms with Gasteiger partial charge in [-0.3, -0.25) is 4.72 Å². The standard InChI is InChI=1S/C12H15N3O3S2/c1-9-8-19-12(14-9)15-20(16,17)7-6-18-11-5-3-2-4-10(11)13/h2-5,8H,6-7,13H2,1H3,(H,14,15). The summed E-state index contributed by atoms with van der Waals surface area (Å²) in [7, 11) is -3.47. The first kappa shape index (κ1) is 14.6. The van der Waals surface area contributed by atoms with E-state index in [-0.39, 0.29) is 12.4 Å². The van der Waals surface area contributed by atoms with Crippen molar-refractivity contribution in [3.8, 4) is 5.75 Å². The van der Waals surface area contributed by atoms with Gasteiger partial charge in [-0.2, -0.15) is 0 Å². The summed E-state index contributed by atoms with van der Waals surface area (Å²) >= 11 is 1.25. The van der Waals surface area contributed by atoms with E-state index in [2.05, 4.69) is 9.71 Å². The maximum atomic E-state index is 11.8. The summed E-state index contributed by atoms with van der Waals surface area (Å²) in [4.78, 5) is 4.04. The monoisotopic (exact) mass is 313 g/mol. The van der Waals surface area contributed by atoms with Gasteiger partial charge in [-0.05, 0) is 19.1 Å². The number of nitrogens with zero attached hydrogens (tertiary/aromatic N) is 1. The Kier molecular flexibility index (Phi) is 4.46. The molecule has 0 bridgehead atoms. The van der Waals surface area contributed by atoms with Crippen LogP contribution < -0.4 is 15.2 Å². The van der Waals surface area contributed by atoms with E-state index in [9.17, 15) is 8.42 Å². The second-order valence-electron chi connectivity index (χ2n) is 4.10. The Morgan fingerprint density at radius 1 is 1.40 bits per heavy atom. The molecular weight excluding hydrogens is 298 g/mol. The molecule has 1 aromatic heterocycles. The Bertz CT molecular complexity index is 683. The molecule has 108 valence electrons. The van der Waals surface area contributed by atoms with E-state index in [0.717, 1.165) is 5.69 Å². The van der Waals surface area contributed by atoms with Crippen LogP contribution in [0.3, 0.4) is 0 Å². The first-order valence-corrected chi connectivity index (χ1v) is 8.39. The smallest absolute Gasteiger partial charge is 0.237 e. The predicted octanol–water partition coefficient (Wildman–Crippen LogP) is 1.85. The molecular formula is C12H15N3O3S2. The van der Waals surface area contributed by atoms with Gasteiger partial charge in [-0.1, -0.05) is 12.1 Å². The highest BCUT2D eigenvalue weighted by atomic mass is 32.2. The van der Waals surface area contributed by atoms with Gasteiger partial charge >= 0.3 is 0 Å². The number of anilines is 2. The molecule has 0 aliphatic rings. The molecule has 2 rings (SSSR count). The van der Waals surface area contributed by atoms with Crippen molar-refractivity contribution >= 4 is 32.2 Å². The van der Waals surface area contributed by atoms with E-state index in [4.69, 9.17) is 10.5 Å². The molecule has 3 N–H and O–H groups in total. The Balaban J connectivity index is 1.88. The van der Waals surface area contributed by atoms with Gasteiger partial charge in [0.15, 0.2) is 5.13 Å². The number of rotatable bonds is 6. The number of hydrogen-bond acceptors (Lipinski definition) is 6. The van der Waals surface area contributed by atoms with Crippen LogP contribution in [0.15, 0.2) is 29.6 Å². The third kappa shape index (κ3) is 4.10. The molecule has 20 heavy (non-hydrogen) atoms. The fraction of sp³-hybridized carbons (Fsp3) is 0.250.